The van der Waals surface area contributed by atoms with Gasteiger partial charge in [-0.2, -0.15) is 0 Å². The molecule has 0 aliphatic carbocycles. The second-order valence-electron chi connectivity index (χ2n) is 15.1. The number of rotatable bonds is 8. The lowest BCUT2D eigenvalue weighted by Crippen LogP contribution is -2.00. The lowest BCUT2D eigenvalue weighted by atomic mass is 9.94. The van der Waals surface area contributed by atoms with E-state index in [2.05, 4.69) is 188 Å². The Morgan fingerprint density at radius 1 is 0.295 bits per heavy atom. The summed E-state index contributed by atoms with van der Waals surface area (Å²) in [7, 11) is 0. The average molecular weight is 797 g/mol. The molecule has 4 nitrogen and oxygen atoms in total. The number of fused-ring (bicyclic) bond motifs is 3. The molecular formula is C56H36N4S. The van der Waals surface area contributed by atoms with Crippen LogP contribution in [0, 0.1) is 0 Å². The molecule has 0 fully saturated rings. The number of benzene rings is 8. The number of aromatic nitrogens is 4. The van der Waals surface area contributed by atoms with Crippen LogP contribution in [0.25, 0.3) is 110 Å². The second-order valence-corrected chi connectivity index (χ2v) is 16.2. The molecule has 0 amide bonds. The van der Waals surface area contributed by atoms with E-state index in [1.807, 2.05) is 30.5 Å². The van der Waals surface area contributed by atoms with Crippen molar-refractivity contribution in [3.63, 3.8) is 0 Å². The van der Waals surface area contributed by atoms with Crippen molar-refractivity contribution in [3.05, 3.63) is 219 Å². The summed E-state index contributed by atoms with van der Waals surface area (Å²) in [6, 6.07) is 74.4. The summed E-state index contributed by atoms with van der Waals surface area (Å²) < 4.78 is 2.39. The zero-order chi connectivity index (χ0) is 40.5. The quantitative estimate of drug-likeness (QED) is 0.154. The lowest BCUT2D eigenvalue weighted by molar-refractivity contribution is 1.08. The van der Waals surface area contributed by atoms with Gasteiger partial charge in [0.1, 0.15) is 0 Å². The van der Waals surface area contributed by atoms with E-state index in [0.29, 0.717) is 17.5 Å². The van der Waals surface area contributed by atoms with Gasteiger partial charge >= 0.3 is 0 Å². The van der Waals surface area contributed by atoms with Crippen LogP contribution in [0.15, 0.2) is 219 Å². The van der Waals surface area contributed by atoms with Crippen LogP contribution >= 0.6 is 11.3 Å². The topological polar surface area (TPSA) is 51.6 Å². The van der Waals surface area contributed by atoms with Crippen LogP contribution in [0.2, 0.25) is 0 Å². The highest BCUT2D eigenvalue weighted by atomic mass is 32.1. The first kappa shape index (κ1) is 36.2. The van der Waals surface area contributed by atoms with E-state index < -0.39 is 0 Å². The Kier molecular flexibility index (Phi) is 9.34. The summed E-state index contributed by atoms with van der Waals surface area (Å²) in [6.45, 7) is 0. The normalized spacial score (nSPS) is 11.3. The molecule has 3 heterocycles. The van der Waals surface area contributed by atoms with E-state index >= 15 is 0 Å². The van der Waals surface area contributed by atoms with Crippen molar-refractivity contribution in [1.29, 1.82) is 0 Å². The number of hydrogen-bond donors (Lipinski definition) is 0. The Morgan fingerprint density at radius 3 is 1.36 bits per heavy atom. The van der Waals surface area contributed by atoms with Gasteiger partial charge in [-0.1, -0.05) is 170 Å². The van der Waals surface area contributed by atoms with E-state index in [4.69, 9.17) is 19.9 Å². The second kappa shape index (κ2) is 15.7. The molecule has 11 rings (SSSR count). The van der Waals surface area contributed by atoms with E-state index in [1.165, 1.54) is 26.1 Å². The molecule has 11 aromatic rings. The third-order valence-corrected chi connectivity index (χ3v) is 12.3. The van der Waals surface area contributed by atoms with Gasteiger partial charge in [0.15, 0.2) is 17.5 Å². The smallest absolute Gasteiger partial charge is 0.164 e. The predicted molar refractivity (Wildman–Crippen MR) is 254 cm³/mol. The largest absolute Gasteiger partial charge is 0.256 e. The molecule has 0 aliphatic rings. The van der Waals surface area contributed by atoms with Crippen LogP contribution in [0.5, 0.6) is 0 Å². The summed E-state index contributed by atoms with van der Waals surface area (Å²) in [5.41, 5.74) is 14.0. The third kappa shape index (κ3) is 7.18. The zero-order valence-electron chi connectivity index (χ0n) is 33.0. The van der Waals surface area contributed by atoms with Crippen molar-refractivity contribution < 1.29 is 0 Å². The maximum absolute atomic E-state index is 5.18. The van der Waals surface area contributed by atoms with Crippen molar-refractivity contribution >= 4 is 31.5 Å². The fourth-order valence-electron chi connectivity index (χ4n) is 8.08. The Hall–Kier alpha value is -7.86. The van der Waals surface area contributed by atoms with Gasteiger partial charge in [0, 0.05) is 54.2 Å². The fraction of sp³-hybridized carbons (Fsp3) is 0. The SMILES string of the molecule is c1ccc(-c2ccc(-c3nc(-c4ccccc4)nc(-c4cccc5sc6ccc(-c7ccc(-c8cc(-c9ccccc9)cc(-c9ccccc9)c8)nc7)cc6c45)n3)cc2)cc1. The molecule has 0 bridgehead atoms. The summed E-state index contributed by atoms with van der Waals surface area (Å²) in [6.07, 6.45) is 2.00. The molecule has 0 N–H and O–H groups in total. The van der Waals surface area contributed by atoms with Crippen molar-refractivity contribution in [3.8, 4) is 89.9 Å². The van der Waals surface area contributed by atoms with Gasteiger partial charge in [0.05, 0.1) is 5.69 Å². The van der Waals surface area contributed by atoms with Crippen LogP contribution in [-0.2, 0) is 0 Å². The van der Waals surface area contributed by atoms with E-state index in [0.717, 1.165) is 66.5 Å². The lowest BCUT2D eigenvalue weighted by Gasteiger charge is -2.11. The Labute approximate surface area is 358 Å². The summed E-state index contributed by atoms with van der Waals surface area (Å²) >= 11 is 1.79. The number of thiophene rings is 1. The average Bonchev–Trinajstić information content (AvgIpc) is 3.73. The molecule has 0 aliphatic heterocycles. The molecule has 3 aromatic heterocycles. The fourth-order valence-corrected chi connectivity index (χ4v) is 9.19. The van der Waals surface area contributed by atoms with Crippen molar-refractivity contribution in [2.75, 3.05) is 0 Å². The number of hydrogen-bond acceptors (Lipinski definition) is 5. The molecule has 8 aromatic carbocycles. The molecule has 0 spiro atoms. The Bertz CT molecular complexity index is 3250. The summed E-state index contributed by atoms with van der Waals surface area (Å²) in [5.74, 6) is 1.92. The molecule has 0 saturated carbocycles. The minimum Gasteiger partial charge on any atom is -0.256 e. The zero-order valence-corrected chi connectivity index (χ0v) is 33.8. The van der Waals surface area contributed by atoms with Gasteiger partial charge < -0.3 is 0 Å². The highest BCUT2D eigenvalue weighted by molar-refractivity contribution is 7.26. The standard InChI is InChI=1S/C56H36N4S/c1-5-14-37(15-6-1)40-24-26-42(27-25-40)55-58-54(41-20-11-4-12-21-41)59-56(60-55)48-22-13-23-52-53(48)49-35-43(29-31-51(49)61-52)44-28-30-50(57-36-44)47-33-45(38-16-7-2-8-17-38)32-46(34-47)39-18-9-3-10-19-39/h1-36H. The molecule has 0 saturated heterocycles. The van der Waals surface area contributed by atoms with Gasteiger partial charge in [-0.25, -0.2) is 15.0 Å². The van der Waals surface area contributed by atoms with E-state index in [9.17, 15) is 0 Å². The van der Waals surface area contributed by atoms with Crippen LogP contribution in [0.4, 0.5) is 0 Å². The van der Waals surface area contributed by atoms with Gasteiger partial charge in [0.2, 0.25) is 0 Å². The van der Waals surface area contributed by atoms with Gasteiger partial charge in [-0.05, 0) is 81.4 Å². The highest BCUT2D eigenvalue weighted by Crippen LogP contribution is 2.42. The first-order chi connectivity index (χ1) is 30.2. The van der Waals surface area contributed by atoms with Crippen LogP contribution in [0.1, 0.15) is 0 Å². The predicted octanol–water partition coefficient (Wildman–Crippen LogP) is 15.0. The monoisotopic (exact) mass is 796 g/mol. The highest BCUT2D eigenvalue weighted by Gasteiger charge is 2.18. The molecule has 286 valence electrons. The Morgan fingerprint density at radius 2 is 0.770 bits per heavy atom. The third-order valence-electron chi connectivity index (χ3n) is 11.2. The maximum Gasteiger partial charge on any atom is 0.164 e. The van der Waals surface area contributed by atoms with Crippen molar-refractivity contribution in [2.45, 2.75) is 0 Å². The number of pyridine rings is 1. The minimum atomic E-state index is 0.636. The van der Waals surface area contributed by atoms with Crippen molar-refractivity contribution in [2.24, 2.45) is 0 Å². The molecule has 61 heavy (non-hydrogen) atoms. The minimum absolute atomic E-state index is 0.636. The van der Waals surface area contributed by atoms with Crippen LogP contribution in [0.3, 0.4) is 0 Å². The van der Waals surface area contributed by atoms with Crippen LogP contribution in [-0.4, -0.2) is 19.9 Å². The van der Waals surface area contributed by atoms with E-state index in [1.54, 1.807) is 11.3 Å². The van der Waals surface area contributed by atoms with Crippen molar-refractivity contribution in [1.82, 2.24) is 19.9 Å². The molecule has 0 atom stereocenters. The van der Waals surface area contributed by atoms with Gasteiger partial charge in [-0.3, -0.25) is 4.98 Å². The molecule has 0 unspecified atom stereocenters. The summed E-state index contributed by atoms with van der Waals surface area (Å²) in [5, 5.41) is 2.30. The first-order valence-electron chi connectivity index (χ1n) is 20.4. The first-order valence-corrected chi connectivity index (χ1v) is 21.2. The van der Waals surface area contributed by atoms with Crippen LogP contribution < -0.4 is 0 Å². The number of nitrogens with zero attached hydrogens (tertiary/aromatic N) is 4. The molecular weight excluding hydrogens is 761 g/mol. The molecule has 5 heteroatoms. The van der Waals surface area contributed by atoms with Gasteiger partial charge in [-0.15, -0.1) is 11.3 Å². The Balaban J connectivity index is 0.988. The van der Waals surface area contributed by atoms with E-state index in [-0.39, 0.29) is 0 Å². The molecule has 0 radical (unpaired) electrons. The summed E-state index contributed by atoms with van der Waals surface area (Å²) in [4.78, 5) is 20.4. The van der Waals surface area contributed by atoms with Gasteiger partial charge in [0.25, 0.3) is 0 Å². The maximum atomic E-state index is 5.18.